The minimum Gasteiger partial charge on any atom is -0.384 e. The molecule has 1 fully saturated rings. The third kappa shape index (κ3) is 4.89. The van der Waals surface area contributed by atoms with Crippen LogP contribution in [-0.2, 0) is 10.4 Å². The third-order valence-electron chi connectivity index (χ3n) is 6.01. The van der Waals surface area contributed by atoms with Crippen molar-refractivity contribution in [1.82, 2.24) is 20.4 Å². The molecule has 3 N–H and O–H groups in total. The van der Waals surface area contributed by atoms with E-state index in [9.17, 15) is 14.7 Å². The summed E-state index contributed by atoms with van der Waals surface area (Å²) >= 11 is 11.9. The zero-order valence-electron chi connectivity index (χ0n) is 18.1. The number of benzene rings is 1. The highest BCUT2D eigenvalue weighted by Crippen LogP contribution is 2.46. The van der Waals surface area contributed by atoms with Crippen LogP contribution in [0.4, 0.5) is 0 Å². The molecule has 168 valence electrons. The highest BCUT2D eigenvalue weighted by Gasteiger charge is 2.49. The Morgan fingerprint density at radius 1 is 1.26 bits per heavy atom. The number of amides is 2. The van der Waals surface area contributed by atoms with Gasteiger partial charge in [-0.1, -0.05) is 49.2 Å². The first-order valence-corrected chi connectivity index (χ1v) is 10.9. The van der Waals surface area contributed by atoms with Crippen LogP contribution in [0.15, 0.2) is 30.5 Å². The first-order valence-electron chi connectivity index (χ1n) is 10.1. The molecule has 31 heavy (non-hydrogen) atoms. The molecule has 7 nitrogen and oxygen atoms in total. The number of aromatic amines is 1. The average molecular weight is 467 g/mol. The maximum atomic E-state index is 13.1. The van der Waals surface area contributed by atoms with Crippen molar-refractivity contribution in [3.05, 3.63) is 51.8 Å². The van der Waals surface area contributed by atoms with Gasteiger partial charge in [-0.15, -0.1) is 0 Å². The molecule has 1 aliphatic rings. The molecule has 3 rings (SSSR count). The fraction of sp³-hybridized carbons (Fsp3) is 0.500. The molecule has 1 aromatic carbocycles. The fourth-order valence-electron chi connectivity index (χ4n) is 4.13. The van der Waals surface area contributed by atoms with Gasteiger partial charge in [-0.25, -0.2) is 0 Å². The summed E-state index contributed by atoms with van der Waals surface area (Å²) in [5.41, 5.74) is -1.42. The van der Waals surface area contributed by atoms with Crippen LogP contribution < -0.4 is 5.32 Å². The van der Waals surface area contributed by atoms with Crippen molar-refractivity contribution in [2.75, 3.05) is 13.1 Å². The maximum absolute atomic E-state index is 13.1. The average Bonchev–Trinajstić information content (AvgIpc) is 3.09. The van der Waals surface area contributed by atoms with E-state index in [-0.39, 0.29) is 23.0 Å². The van der Waals surface area contributed by atoms with E-state index in [1.807, 2.05) is 26.0 Å². The standard InChI is InChI=1S/C22H28Cl2N4O3/c1-20(2)13-28(10-9-22(20,31)14-5-7-15(23)8-6-14)17(29)11-21(3,4)26-19(30)16-12-25-27-18(16)24/h5-8,12,31H,9-11,13H2,1-4H3,(H,25,27)(H,26,30)/t22-/m0/s1. The Morgan fingerprint density at radius 3 is 2.45 bits per heavy atom. The van der Waals surface area contributed by atoms with Gasteiger partial charge in [0, 0.05) is 35.5 Å². The van der Waals surface area contributed by atoms with Crippen LogP contribution >= 0.6 is 23.2 Å². The lowest BCUT2D eigenvalue weighted by Gasteiger charge is -2.51. The number of nitrogens with zero attached hydrogens (tertiary/aromatic N) is 2. The number of piperidine rings is 1. The lowest BCUT2D eigenvalue weighted by atomic mass is 9.66. The van der Waals surface area contributed by atoms with Gasteiger partial charge in [0.25, 0.3) is 5.91 Å². The van der Waals surface area contributed by atoms with Crippen molar-refractivity contribution < 1.29 is 14.7 Å². The molecule has 9 heteroatoms. The Hall–Kier alpha value is -2.09. The molecule has 0 unspecified atom stereocenters. The van der Waals surface area contributed by atoms with Crippen molar-refractivity contribution in [2.24, 2.45) is 5.41 Å². The summed E-state index contributed by atoms with van der Waals surface area (Å²) in [5.74, 6) is -0.484. The molecule has 0 spiro atoms. The molecular formula is C22H28Cl2N4O3. The molecule has 1 aliphatic heterocycles. The normalized spacial score (nSPS) is 21.1. The number of hydrogen-bond donors (Lipinski definition) is 3. The molecule has 1 aromatic heterocycles. The van der Waals surface area contributed by atoms with Crippen LogP contribution in [-0.4, -0.2) is 50.6 Å². The van der Waals surface area contributed by atoms with Crippen molar-refractivity contribution in [3.8, 4) is 0 Å². The van der Waals surface area contributed by atoms with Gasteiger partial charge in [0.15, 0.2) is 0 Å². The monoisotopic (exact) mass is 466 g/mol. The molecule has 0 saturated carbocycles. The molecule has 2 aromatic rings. The molecule has 0 radical (unpaired) electrons. The second-order valence-electron chi connectivity index (χ2n) is 9.43. The highest BCUT2D eigenvalue weighted by atomic mass is 35.5. The lowest BCUT2D eigenvalue weighted by molar-refractivity contribution is -0.154. The van der Waals surface area contributed by atoms with Gasteiger partial charge >= 0.3 is 0 Å². The number of halogens is 2. The number of aromatic nitrogens is 2. The Balaban J connectivity index is 1.67. The number of rotatable bonds is 5. The number of likely N-dealkylation sites (tertiary alicyclic amines) is 1. The number of carbonyl (C=O) groups is 2. The summed E-state index contributed by atoms with van der Waals surface area (Å²) in [6, 6.07) is 7.20. The molecule has 1 saturated heterocycles. The van der Waals surface area contributed by atoms with E-state index in [4.69, 9.17) is 23.2 Å². The SMILES string of the molecule is CC(C)(CC(=O)N1CC[C@](O)(c2ccc(Cl)cc2)C(C)(C)C1)NC(=O)c1cn[nH]c1Cl. The fourth-order valence-corrected chi connectivity index (χ4v) is 4.44. The minimum absolute atomic E-state index is 0.0881. The van der Waals surface area contributed by atoms with E-state index in [0.29, 0.717) is 24.5 Å². The Bertz CT molecular complexity index is 971. The van der Waals surface area contributed by atoms with Gasteiger partial charge in [0.2, 0.25) is 5.91 Å². The summed E-state index contributed by atoms with van der Waals surface area (Å²) < 4.78 is 0. The molecule has 1 atom stereocenters. The van der Waals surface area contributed by atoms with Crippen molar-refractivity contribution in [1.29, 1.82) is 0 Å². The largest absolute Gasteiger partial charge is 0.384 e. The van der Waals surface area contributed by atoms with Crippen LogP contribution in [0.3, 0.4) is 0 Å². The molecule has 0 bridgehead atoms. The lowest BCUT2D eigenvalue weighted by Crippen LogP contribution is -2.58. The summed E-state index contributed by atoms with van der Waals surface area (Å²) in [6.07, 6.45) is 1.87. The van der Waals surface area contributed by atoms with Gasteiger partial charge in [-0.3, -0.25) is 14.7 Å². The summed E-state index contributed by atoms with van der Waals surface area (Å²) in [4.78, 5) is 27.3. The van der Waals surface area contributed by atoms with Crippen molar-refractivity contribution in [3.63, 3.8) is 0 Å². The molecule has 2 heterocycles. The summed E-state index contributed by atoms with van der Waals surface area (Å²) in [5, 5.41) is 21.3. The van der Waals surface area contributed by atoms with E-state index < -0.39 is 22.5 Å². The number of carbonyl (C=O) groups excluding carboxylic acids is 2. The molecule has 0 aliphatic carbocycles. The Labute approximate surface area is 192 Å². The van der Waals surface area contributed by atoms with Crippen LogP contribution in [0.5, 0.6) is 0 Å². The zero-order chi connectivity index (χ0) is 23.0. The number of aliphatic hydroxyl groups is 1. The topological polar surface area (TPSA) is 98.3 Å². The number of H-pyrrole nitrogens is 1. The zero-order valence-corrected chi connectivity index (χ0v) is 19.6. The molecular weight excluding hydrogens is 439 g/mol. The van der Waals surface area contributed by atoms with E-state index in [1.54, 1.807) is 30.9 Å². The predicted octanol–water partition coefficient (Wildman–Crippen LogP) is 3.76. The van der Waals surface area contributed by atoms with Gasteiger partial charge < -0.3 is 15.3 Å². The van der Waals surface area contributed by atoms with Crippen LogP contribution in [0.25, 0.3) is 0 Å². The Kier molecular flexibility index (Phi) is 6.42. The molecule has 2 amide bonds. The third-order valence-corrected chi connectivity index (χ3v) is 6.55. The summed E-state index contributed by atoms with van der Waals surface area (Å²) in [6.45, 7) is 8.29. The van der Waals surface area contributed by atoms with Gasteiger partial charge in [0.1, 0.15) is 5.15 Å². The van der Waals surface area contributed by atoms with Gasteiger partial charge in [-0.05, 0) is 38.0 Å². The second-order valence-corrected chi connectivity index (χ2v) is 10.2. The second kappa shape index (κ2) is 8.45. The van der Waals surface area contributed by atoms with E-state index >= 15 is 0 Å². The first kappa shape index (κ1) is 23.6. The highest BCUT2D eigenvalue weighted by molar-refractivity contribution is 6.32. The van der Waals surface area contributed by atoms with Crippen LogP contribution in [0.1, 0.15) is 56.5 Å². The Morgan fingerprint density at radius 2 is 1.90 bits per heavy atom. The van der Waals surface area contributed by atoms with Crippen LogP contribution in [0, 0.1) is 5.41 Å². The van der Waals surface area contributed by atoms with Crippen molar-refractivity contribution in [2.45, 2.75) is 51.7 Å². The first-order chi connectivity index (χ1) is 14.3. The van der Waals surface area contributed by atoms with Crippen molar-refractivity contribution >= 4 is 35.0 Å². The van der Waals surface area contributed by atoms with E-state index in [2.05, 4.69) is 15.5 Å². The maximum Gasteiger partial charge on any atom is 0.256 e. The predicted molar refractivity (Wildman–Crippen MR) is 120 cm³/mol. The number of nitrogens with one attached hydrogen (secondary N) is 2. The van der Waals surface area contributed by atoms with Gasteiger partial charge in [0.05, 0.1) is 17.4 Å². The summed E-state index contributed by atoms with van der Waals surface area (Å²) in [7, 11) is 0. The minimum atomic E-state index is -1.07. The van der Waals surface area contributed by atoms with E-state index in [1.165, 1.54) is 6.20 Å². The quantitative estimate of drug-likeness (QED) is 0.624. The van der Waals surface area contributed by atoms with Gasteiger partial charge in [-0.2, -0.15) is 5.10 Å². The number of hydrogen-bond acceptors (Lipinski definition) is 4. The smallest absolute Gasteiger partial charge is 0.256 e. The van der Waals surface area contributed by atoms with Crippen LogP contribution in [0.2, 0.25) is 10.2 Å². The van der Waals surface area contributed by atoms with E-state index in [0.717, 1.165) is 5.56 Å².